The molecule has 0 heterocycles. The molecule has 1 amide bonds. The molecule has 1 aliphatic carbocycles. The minimum absolute atomic E-state index is 0.0814. The summed E-state index contributed by atoms with van der Waals surface area (Å²) in [6.45, 7) is 1.28. The van der Waals surface area contributed by atoms with Crippen LogP contribution in [0, 0.1) is 5.41 Å². The molecule has 104 valence electrons. The third-order valence-electron chi connectivity index (χ3n) is 3.49. The highest BCUT2D eigenvalue weighted by molar-refractivity contribution is 6.30. The maximum atomic E-state index is 11.7. The van der Waals surface area contributed by atoms with Crippen molar-refractivity contribution in [3.8, 4) is 0 Å². The van der Waals surface area contributed by atoms with Crippen LogP contribution in [0.3, 0.4) is 0 Å². The van der Waals surface area contributed by atoms with Crippen LogP contribution in [0.1, 0.15) is 19.3 Å². The highest BCUT2D eigenvalue weighted by atomic mass is 35.5. The molecule has 1 aromatic carbocycles. The number of benzene rings is 1. The van der Waals surface area contributed by atoms with Gasteiger partial charge in [0.25, 0.3) is 0 Å². The van der Waals surface area contributed by atoms with Gasteiger partial charge in [-0.15, -0.1) is 0 Å². The Labute approximate surface area is 118 Å². The number of anilines is 1. The van der Waals surface area contributed by atoms with E-state index in [-0.39, 0.29) is 24.5 Å². The topological polar surface area (TPSA) is 61.4 Å². The van der Waals surface area contributed by atoms with Gasteiger partial charge in [-0.1, -0.05) is 17.7 Å². The van der Waals surface area contributed by atoms with Crippen LogP contribution in [0.5, 0.6) is 0 Å². The molecule has 0 aromatic heterocycles. The van der Waals surface area contributed by atoms with Crippen molar-refractivity contribution in [1.29, 1.82) is 0 Å². The van der Waals surface area contributed by atoms with Crippen molar-refractivity contribution in [2.75, 3.05) is 25.0 Å². The Morgan fingerprint density at radius 3 is 2.84 bits per heavy atom. The predicted molar refractivity (Wildman–Crippen MR) is 76.3 cm³/mol. The molecule has 5 heteroatoms. The molecule has 0 spiro atoms. The second kappa shape index (κ2) is 6.37. The van der Waals surface area contributed by atoms with Crippen molar-refractivity contribution in [1.82, 2.24) is 5.32 Å². The molecule has 0 aliphatic heterocycles. The minimum atomic E-state index is -0.0814. The Kier molecular flexibility index (Phi) is 4.80. The number of aliphatic hydroxyl groups is 1. The van der Waals surface area contributed by atoms with E-state index in [0.717, 1.165) is 25.8 Å². The van der Waals surface area contributed by atoms with Crippen LogP contribution >= 0.6 is 11.6 Å². The highest BCUT2D eigenvalue weighted by Gasteiger charge is 2.41. The Hall–Kier alpha value is -1.10. The van der Waals surface area contributed by atoms with Gasteiger partial charge in [-0.25, -0.2) is 0 Å². The van der Waals surface area contributed by atoms with E-state index in [1.54, 1.807) is 24.3 Å². The quantitative estimate of drug-likeness (QED) is 0.717. The Morgan fingerprint density at radius 1 is 1.42 bits per heavy atom. The van der Waals surface area contributed by atoms with Gasteiger partial charge in [0.05, 0.1) is 6.54 Å². The van der Waals surface area contributed by atoms with Crippen molar-refractivity contribution in [3.05, 3.63) is 29.3 Å². The number of hydrogen-bond donors (Lipinski definition) is 3. The lowest BCUT2D eigenvalue weighted by molar-refractivity contribution is -0.115. The lowest BCUT2D eigenvalue weighted by atomic mass is 10.0. The van der Waals surface area contributed by atoms with E-state index in [4.69, 9.17) is 16.7 Å². The summed E-state index contributed by atoms with van der Waals surface area (Å²) in [6, 6.07) is 7.08. The molecule has 1 saturated carbocycles. The summed E-state index contributed by atoms with van der Waals surface area (Å²) in [5.74, 6) is -0.0814. The van der Waals surface area contributed by atoms with Gasteiger partial charge in [0, 0.05) is 23.9 Å². The van der Waals surface area contributed by atoms with E-state index in [9.17, 15) is 4.79 Å². The fourth-order valence-electron chi connectivity index (χ4n) is 2.14. The van der Waals surface area contributed by atoms with E-state index < -0.39 is 0 Å². The predicted octanol–water partition coefficient (Wildman–Crippen LogP) is 2.03. The fraction of sp³-hybridized carbons (Fsp3) is 0.500. The van der Waals surface area contributed by atoms with Gasteiger partial charge in [0.1, 0.15) is 0 Å². The SMILES string of the molecule is O=C(CNCC1(CCO)CC1)Nc1cccc(Cl)c1. The number of aliphatic hydroxyl groups excluding tert-OH is 1. The molecule has 1 aromatic rings. The molecule has 2 rings (SSSR count). The van der Waals surface area contributed by atoms with Crippen molar-refractivity contribution in [2.45, 2.75) is 19.3 Å². The van der Waals surface area contributed by atoms with Crippen LogP contribution in [-0.2, 0) is 4.79 Å². The average molecular weight is 283 g/mol. The molecular formula is C14H19ClN2O2. The van der Waals surface area contributed by atoms with E-state index in [0.29, 0.717) is 10.7 Å². The standard InChI is InChI=1S/C14H19ClN2O2/c15-11-2-1-3-12(8-11)17-13(19)9-16-10-14(4-5-14)6-7-18/h1-3,8,16,18H,4-7,9-10H2,(H,17,19). The van der Waals surface area contributed by atoms with Crippen molar-refractivity contribution >= 4 is 23.2 Å². The highest BCUT2D eigenvalue weighted by Crippen LogP contribution is 2.47. The fourth-order valence-corrected chi connectivity index (χ4v) is 2.33. The van der Waals surface area contributed by atoms with Gasteiger partial charge in [-0.05, 0) is 42.9 Å². The summed E-state index contributed by atoms with van der Waals surface area (Å²) in [6.07, 6.45) is 3.09. The van der Waals surface area contributed by atoms with Crippen molar-refractivity contribution < 1.29 is 9.90 Å². The zero-order valence-electron chi connectivity index (χ0n) is 10.8. The summed E-state index contributed by atoms with van der Waals surface area (Å²) < 4.78 is 0. The van der Waals surface area contributed by atoms with Crippen molar-refractivity contribution in [3.63, 3.8) is 0 Å². The lowest BCUT2D eigenvalue weighted by Crippen LogP contribution is -2.32. The van der Waals surface area contributed by atoms with Crippen molar-refractivity contribution in [2.24, 2.45) is 5.41 Å². The van der Waals surface area contributed by atoms with E-state index >= 15 is 0 Å². The maximum absolute atomic E-state index is 11.7. The normalized spacial score (nSPS) is 16.1. The van der Waals surface area contributed by atoms with E-state index in [1.165, 1.54) is 0 Å². The molecule has 0 unspecified atom stereocenters. The van der Waals surface area contributed by atoms with Gasteiger partial charge in [0.2, 0.25) is 5.91 Å². The molecule has 0 bridgehead atoms. The zero-order valence-corrected chi connectivity index (χ0v) is 11.5. The number of hydrogen-bond acceptors (Lipinski definition) is 3. The monoisotopic (exact) mass is 282 g/mol. The molecule has 19 heavy (non-hydrogen) atoms. The summed E-state index contributed by atoms with van der Waals surface area (Å²) in [7, 11) is 0. The molecule has 1 aliphatic rings. The van der Waals surface area contributed by atoms with E-state index in [1.807, 2.05) is 0 Å². The van der Waals surface area contributed by atoms with Gasteiger partial charge in [-0.3, -0.25) is 4.79 Å². The van der Waals surface area contributed by atoms with Gasteiger partial charge in [0.15, 0.2) is 0 Å². The minimum Gasteiger partial charge on any atom is -0.396 e. The average Bonchev–Trinajstić information content (AvgIpc) is 3.09. The number of amides is 1. The third-order valence-corrected chi connectivity index (χ3v) is 3.73. The number of rotatable bonds is 7. The largest absolute Gasteiger partial charge is 0.396 e. The first kappa shape index (κ1) is 14.3. The maximum Gasteiger partial charge on any atom is 0.238 e. The third kappa shape index (κ3) is 4.49. The van der Waals surface area contributed by atoms with Crippen LogP contribution in [0.15, 0.2) is 24.3 Å². The van der Waals surface area contributed by atoms with Crippen LogP contribution < -0.4 is 10.6 Å². The summed E-state index contributed by atoms with van der Waals surface area (Å²) in [5.41, 5.74) is 0.932. The number of carbonyl (C=O) groups is 1. The summed E-state index contributed by atoms with van der Waals surface area (Å²) in [5, 5.41) is 15.5. The van der Waals surface area contributed by atoms with Crippen LogP contribution in [0.25, 0.3) is 0 Å². The molecule has 3 N–H and O–H groups in total. The smallest absolute Gasteiger partial charge is 0.238 e. The van der Waals surface area contributed by atoms with Gasteiger partial charge in [-0.2, -0.15) is 0 Å². The molecule has 0 atom stereocenters. The first-order valence-corrected chi connectivity index (χ1v) is 6.88. The molecule has 0 radical (unpaired) electrons. The zero-order chi connectivity index (χ0) is 13.7. The first-order valence-electron chi connectivity index (χ1n) is 6.51. The van der Waals surface area contributed by atoms with E-state index in [2.05, 4.69) is 10.6 Å². The Morgan fingerprint density at radius 2 is 2.21 bits per heavy atom. The lowest BCUT2D eigenvalue weighted by Gasteiger charge is -2.14. The Bertz CT molecular complexity index is 447. The van der Waals surface area contributed by atoms with Gasteiger partial charge >= 0.3 is 0 Å². The molecule has 1 fully saturated rings. The number of halogens is 1. The van der Waals surface area contributed by atoms with Crippen LogP contribution in [0.4, 0.5) is 5.69 Å². The molecule has 4 nitrogen and oxygen atoms in total. The van der Waals surface area contributed by atoms with Crippen LogP contribution in [-0.4, -0.2) is 30.7 Å². The van der Waals surface area contributed by atoms with Crippen LogP contribution in [0.2, 0.25) is 5.02 Å². The first-order chi connectivity index (χ1) is 9.13. The summed E-state index contributed by atoms with van der Waals surface area (Å²) in [4.78, 5) is 11.7. The van der Waals surface area contributed by atoms with Gasteiger partial charge < -0.3 is 15.7 Å². The summed E-state index contributed by atoms with van der Waals surface area (Å²) >= 11 is 5.84. The molecular weight excluding hydrogens is 264 g/mol. The second-order valence-electron chi connectivity index (χ2n) is 5.14. The Balaban J connectivity index is 1.70. The number of carbonyl (C=O) groups excluding carboxylic acids is 1. The number of nitrogens with one attached hydrogen (secondary N) is 2. The second-order valence-corrected chi connectivity index (χ2v) is 5.57. The molecule has 0 saturated heterocycles.